The Bertz CT molecular complexity index is 404. The second kappa shape index (κ2) is 11.9. The van der Waals surface area contributed by atoms with E-state index in [2.05, 4.69) is 58.8 Å². The number of hydroxylamine groups is 2. The maximum Gasteiger partial charge on any atom is 0.0575 e. The number of benzene rings is 1. The molecule has 1 atom stereocenters. The highest BCUT2D eigenvalue weighted by atomic mass is 79.9. The van der Waals surface area contributed by atoms with Crippen molar-refractivity contribution >= 4 is 15.9 Å². The van der Waals surface area contributed by atoms with Gasteiger partial charge in [0.15, 0.2) is 0 Å². The van der Waals surface area contributed by atoms with Crippen LogP contribution in [0.4, 0.5) is 0 Å². The molecule has 0 aromatic heterocycles. The first kappa shape index (κ1) is 19.4. The number of hydrogen-bond donors (Lipinski definition) is 0. The summed E-state index contributed by atoms with van der Waals surface area (Å²) in [5.41, 5.74) is 1.27. The van der Waals surface area contributed by atoms with Gasteiger partial charge in [-0.05, 0) is 30.5 Å². The number of halogens is 1. The van der Waals surface area contributed by atoms with Gasteiger partial charge in [-0.1, -0.05) is 73.2 Å². The van der Waals surface area contributed by atoms with E-state index < -0.39 is 0 Å². The Kier molecular flexibility index (Phi) is 10.5. The Labute approximate surface area is 144 Å². The van der Waals surface area contributed by atoms with Crippen LogP contribution in [0.1, 0.15) is 57.4 Å². The smallest absolute Gasteiger partial charge is 0.0575 e. The van der Waals surface area contributed by atoms with Crippen molar-refractivity contribution in [3.63, 3.8) is 0 Å². The summed E-state index contributed by atoms with van der Waals surface area (Å²) in [6.45, 7) is 6.98. The summed E-state index contributed by atoms with van der Waals surface area (Å²) in [6, 6.07) is 8.85. The molecule has 0 aliphatic heterocycles. The molecule has 3 heteroatoms. The van der Waals surface area contributed by atoms with Crippen LogP contribution in [-0.2, 0) is 11.4 Å². The molecule has 124 valence electrons. The standard InChI is InChI=1S/C19H30BrNO/c1-4-6-7-8-9-11-19(10-5-2)21(22-3)16-17-12-14-18(20)15-13-17/h5,12-15,19H,2,4,6-11,16H2,1,3H3. The fourth-order valence-electron chi connectivity index (χ4n) is 2.67. The molecular weight excluding hydrogens is 338 g/mol. The predicted molar refractivity (Wildman–Crippen MR) is 98.7 cm³/mol. The van der Waals surface area contributed by atoms with Crippen LogP contribution < -0.4 is 0 Å². The predicted octanol–water partition coefficient (Wildman–Crippen LogP) is 6.12. The normalized spacial score (nSPS) is 12.5. The summed E-state index contributed by atoms with van der Waals surface area (Å²) in [4.78, 5) is 5.65. The van der Waals surface area contributed by atoms with Crippen LogP contribution in [0.25, 0.3) is 0 Å². The Morgan fingerprint density at radius 1 is 1.18 bits per heavy atom. The third-order valence-electron chi connectivity index (χ3n) is 3.97. The zero-order valence-electron chi connectivity index (χ0n) is 14.1. The van der Waals surface area contributed by atoms with E-state index in [1.165, 1.54) is 44.1 Å². The van der Waals surface area contributed by atoms with Crippen LogP contribution in [-0.4, -0.2) is 18.2 Å². The molecule has 0 N–H and O–H groups in total. The topological polar surface area (TPSA) is 12.5 Å². The van der Waals surface area contributed by atoms with Crippen LogP contribution in [0.3, 0.4) is 0 Å². The van der Waals surface area contributed by atoms with Crippen LogP contribution in [0.2, 0.25) is 0 Å². The van der Waals surface area contributed by atoms with Crippen molar-refractivity contribution in [2.45, 2.75) is 64.5 Å². The van der Waals surface area contributed by atoms with E-state index in [1.54, 1.807) is 7.11 Å². The number of hydrogen-bond acceptors (Lipinski definition) is 2. The summed E-state index contributed by atoms with van der Waals surface area (Å²) in [5.74, 6) is 0. The summed E-state index contributed by atoms with van der Waals surface area (Å²) in [7, 11) is 1.77. The fourth-order valence-corrected chi connectivity index (χ4v) is 2.93. The van der Waals surface area contributed by atoms with Gasteiger partial charge in [0.05, 0.1) is 7.11 Å². The minimum atomic E-state index is 0.410. The zero-order valence-corrected chi connectivity index (χ0v) is 15.6. The summed E-state index contributed by atoms with van der Waals surface area (Å²) >= 11 is 3.48. The van der Waals surface area contributed by atoms with E-state index in [0.29, 0.717) is 6.04 Å². The lowest BCUT2D eigenvalue weighted by molar-refractivity contribution is -0.170. The second-order valence-electron chi connectivity index (χ2n) is 5.77. The largest absolute Gasteiger partial charge is 0.302 e. The third kappa shape index (κ3) is 7.57. The van der Waals surface area contributed by atoms with Crippen molar-refractivity contribution in [3.8, 4) is 0 Å². The molecule has 0 heterocycles. The Morgan fingerprint density at radius 2 is 1.86 bits per heavy atom. The maximum atomic E-state index is 5.65. The molecule has 0 spiro atoms. The van der Waals surface area contributed by atoms with Crippen molar-refractivity contribution < 1.29 is 4.84 Å². The van der Waals surface area contributed by atoms with Crippen molar-refractivity contribution in [1.29, 1.82) is 0 Å². The fraction of sp³-hybridized carbons (Fsp3) is 0.579. The van der Waals surface area contributed by atoms with E-state index in [-0.39, 0.29) is 0 Å². The Hall–Kier alpha value is -0.640. The lowest BCUT2D eigenvalue weighted by atomic mass is 10.0. The van der Waals surface area contributed by atoms with E-state index in [9.17, 15) is 0 Å². The molecule has 0 saturated carbocycles. The van der Waals surface area contributed by atoms with Crippen LogP contribution >= 0.6 is 15.9 Å². The second-order valence-corrected chi connectivity index (χ2v) is 6.68. The minimum Gasteiger partial charge on any atom is -0.302 e. The van der Waals surface area contributed by atoms with Gasteiger partial charge in [0, 0.05) is 17.1 Å². The van der Waals surface area contributed by atoms with Gasteiger partial charge in [0.2, 0.25) is 0 Å². The molecule has 0 aliphatic carbocycles. The highest BCUT2D eigenvalue weighted by Crippen LogP contribution is 2.19. The molecule has 0 fully saturated rings. The molecule has 1 unspecified atom stereocenters. The highest BCUT2D eigenvalue weighted by Gasteiger charge is 2.17. The lowest BCUT2D eigenvalue weighted by Crippen LogP contribution is -2.33. The van der Waals surface area contributed by atoms with Gasteiger partial charge in [-0.2, -0.15) is 5.06 Å². The van der Waals surface area contributed by atoms with Crippen molar-refractivity contribution in [2.24, 2.45) is 0 Å². The molecular formula is C19H30BrNO. The van der Waals surface area contributed by atoms with Gasteiger partial charge >= 0.3 is 0 Å². The van der Waals surface area contributed by atoms with Gasteiger partial charge in [0.1, 0.15) is 0 Å². The molecule has 0 aliphatic rings. The van der Waals surface area contributed by atoms with Crippen molar-refractivity contribution in [2.75, 3.05) is 7.11 Å². The quantitative estimate of drug-likeness (QED) is 0.250. The highest BCUT2D eigenvalue weighted by molar-refractivity contribution is 9.10. The number of nitrogens with zero attached hydrogens (tertiary/aromatic N) is 1. The van der Waals surface area contributed by atoms with E-state index in [1.807, 2.05) is 6.08 Å². The van der Waals surface area contributed by atoms with Gasteiger partial charge < -0.3 is 4.84 Å². The Morgan fingerprint density at radius 3 is 2.45 bits per heavy atom. The lowest BCUT2D eigenvalue weighted by Gasteiger charge is -2.29. The third-order valence-corrected chi connectivity index (χ3v) is 4.50. The Balaban J connectivity index is 2.53. The zero-order chi connectivity index (χ0) is 16.2. The van der Waals surface area contributed by atoms with Crippen LogP contribution in [0.15, 0.2) is 41.4 Å². The number of unbranched alkanes of at least 4 members (excludes halogenated alkanes) is 4. The summed E-state index contributed by atoms with van der Waals surface area (Å²) < 4.78 is 1.11. The van der Waals surface area contributed by atoms with Crippen LogP contribution in [0, 0.1) is 0 Å². The maximum absolute atomic E-state index is 5.65. The average Bonchev–Trinajstić information content (AvgIpc) is 2.53. The molecule has 0 amide bonds. The molecule has 1 rings (SSSR count). The molecule has 0 saturated heterocycles. The molecule has 1 aromatic carbocycles. The molecule has 1 aromatic rings. The van der Waals surface area contributed by atoms with Crippen molar-refractivity contribution in [3.05, 3.63) is 47.0 Å². The van der Waals surface area contributed by atoms with Crippen molar-refractivity contribution in [1.82, 2.24) is 5.06 Å². The first-order valence-electron chi connectivity index (χ1n) is 8.37. The number of rotatable bonds is 12. The monoisotopic (exact) mass is 367 g/mol. The van der Waals surface area contributed by atoms with E-state index in [4.69, 9.17) is 4.84 Å². The van der Waals surface area contributed by atoms with Gasteiger partial charge in [-0.25, -0.2) is 0 Å². The first-order valence-corrected chi connectivity index (χ1v) is 9.16. The van der Waals surface area contributed by atoms with E-state index in [0.717, 1.165) is 17.4 Å². The summed E-state index contributed by atoms with van der Waals surface area (Å²) in [5, 5.41) is 2.10. The van der Waals surface area contributed by atoms with Gasteiger partial charge in [-0.15, -0.1) is 6.58 Å². The molecule has 0 radical (unpaired) electrons. The van der Waals surface area contributed by atoms with Crippen LogP contribution in [0.5, 0.6) is 0 Å². The van der Waals surface area contributed by atoms with Gasteiger partial charge in [-0.3, -0.25) is 0 Å². The minimum absolute atomic E-state index is 0.410. The van der Waals surface area contributed by atoms with Gasteiger partial charge in [0.25, 0.3) is 0 Å². The molecule has 2 nitrogen and oxygen atoms in total. The molecule has 22 heavy (non-hydrogen) atoms. The van der Waals surface area contributed by atoms with E-state index >= 15 is 0 Å². The SMILES string of the molecule is C=CCC(CCCCCCC)N(Cc1ccc(Br)cc1)OC. The first-order chi connectivity index (χ1) is 10.7. The average molecular weight is 368 g/mol. The molecule has 0 bridgehead atoms. The summed E-state index contributed by atoms with van der Waals surface area (Å²) in [6.07, 6.45) is 10.7.